The number of nitrogens with zero attached hydrogens (tertiary/aromatic N) is 2. The van der Waals surface area contributed by atoms with E-state index in [4.69, 9.17) is 4.74 Å². The fourth-order valence-corrected chi connectivity index (χ4v) is 5.65. The number of carbonyl (C=O) groups is 1. The lowest BCUT2D eigenvalue weighted by Crippen LogP contribution is -2.40. The number of aromatic carboxylic acids is 1. The van der Waals surface area contributed by atoms with Gasteiger partial charge in [-0.3, -0.25) is 0 Å². The molecule has 1 aliphatic rings. The van der Waals surface area contributed by atoms with E-state index in [1.165, 1.54) is 27.4 Å². The van der Waals surface area contributed by atoms with E-state index >= 15 is 0 Å². The van der Waals surface area contributed by atoms with Crippen LogP contribution in [0, 0.1) is 0 Å². The molecule has 1 aliphatic heterocycles. The van der Waals surface area contributed by atoms with Crippen molar-refractivity contribution < 1.29 is 23.1 Å². The van der Waals surface area contributed by atoms with Crippen LogP contribution in [0.5, 0.6) is 0 Å². The Labute approximate surface area is 172 Å². The fourth-order valence-electron chi connectivity index (χ4n) is 3.31. The van der Waals surface area contributed by atoms with Crippen molar-refractivity contribution in [2.24, 2.45) is 0 Å². The quantitative estimate of drug-likeness (QED) is 0.665. The monoisotopic (exact) mass is 432 g/mol. The molecule has 1 saturated heterocycles. The topological polar surface area (TPSA) is 96.8 Å². The largest absolute Gasteiger partial charge is 0.478 e. The second-order valence-electron chi connectivity index (χ2n) is 6.68. The van der Waals surface area contributed by atoms with E-state index < -0.39 is 16.0 Å². The molecule has 3 aromatic rings. The number of thiophene rings is 1. The van der Waals surface area contributed by atoms with Crippen LogP contribution in [0.1, 0.15) is 22.2 Å². The molecule has 0 radical (unpaired) electrons. The number of sulfonamides is 1. The molecule has 0 bridgehead atoms. The molecule has 3 heterocycles. The van der Waals surface area contributed by atoms with E-state index in [0.717, 1.165) is 11.3 Å². The molecule has 29 heavy (non-hydrogen) atoms. The van der Waals surface area contributed by atoms with E-state index in [1.807, 2.05) is 12.1 Å². The highest BCUT2D eigenvalue weighted by Gasteiger charge is 2.27. The molecule has 0 unspecified atom stereocenters. The van der Waals surface area contributed by atoms with Gasteiger partial charge in [0, 0.05) is 23.4 Å². The number of carboxylic acids is 1. The number of benzene rings is 1. The van der Waals surface area contributed by atoms with Crippen molar-refractivity contribution in [3.05, 3.63) is 46.8 Å². The van der Waals surface area contributed by atoms with E-state index in [9.17, 15) is 18.3 Å². The van der Waals surface area contributed by atoms with Gasteiger partial charge in [0.15, 0.2) is 0 Å². The summed E-state index contributed by atoms with van der Waals surface area (Å²) in [5.74, 6) is -1.12. The third-order valence-electron chi connectivity index (χ3n) is 4.88. The Morgan fingerprint density at radius 1 is 1.21 bits per heavy atom. The van der Waals surface area contributed by atoms with Gasteiger partial charge in [0.2, 0.25) is 10.0 Å². The van der Waals surface area contributed by atoms with Gasteiger partial charge in [-0.25, -0.2) is 18.2 Å². The normalized spacial score (nSPS) is 15.6. The lowest BCUT2D eigenvalue weighted by Gasteiger charge is -2.26. The number of morpholine rings is 1. The van der Waals surface area contributed by atoms with Crippen molar-refractivity contribution in [2.75, 3.05) is 26.3 Å². The molecule has 2 aromatic heterocycles. The Hall–Kier alpha value is -2.33. The summed E-state index contributed by atoms with van der Waals surface area (Å²) in [4.78, 5) is 18.6. The van der Waals surface area contributed by atoms with Crippen molar-refractivity contribution in [2.45, 2.75) is 18.2 Å². The SMILES string of the molecule is CCc1ccc(-c2cc(C(=O)O)c3cc(S(=O)(=O)N4CCOCC4)ccc3n2)s1. The van der Waals surface area contributed by atoms with Gasteiger partial charge in [0.25, 0.3) is 0 Å². The Bertz CT molecular complexity index is 1180. The maximum Gasteiger partial charge on any atom is 0.336 e. The number of ether oxygens (including phenoxy) is 1. The van der Waals surface area contributed by atoms with Crippen molar-refractivity contribution in [3.63, 3.8) is 0 Å². The fraction of sp³-hybridized carbons (Fsp3) is 0.300. The minimum Gasteiger partial charge on any atom is -0.478 e. The van der Waals surface area contributed by atoms with Crippen LogP contribution in [0.3, 0.4) is 0 Å². The first-order valence-electron chi connectivity index (χ1n) is 9.25. The Morgan fingerprint density at radius 3 is 2.62 bits per heavy atom. The van der Waals surface area contributed by atoms with Crippen molar-refractivity contribution in [1.29, 1.82) is 0 Å². The zero-order valence-corrected chi connectivity index (χ0v) is 17.4. The van der Waals surface area contributed by atoms with Gasteiger partial charge in [-0.15, -0.1) is 11.3 Å². The predicted octanol–water partition coefficient (Wildman–Crippen LogP) is 3.24. The maximum absolute atomic E-state index is 12.9. The van der Waals surface area contributed by atoms with Crippen LogP contribution in [0.15, 0.2) is 41.3 Å². The highest BCUT2D eigenvalue weighted by atomic mass is 32.2. The summed E-state index contributed by atoms with van der Waals surface area (Å²) >= 11 is 1.57. The van der Waals surface area contributed by atoms with E-state index in [-0.39, 0.29) is 23.5 Å². The summed E-state index contributed by atoms with van der Waals surface area (Å²) in [6.45, 7) is 3.31. The van der Waals surface area contributed by atoms with Gasteiger partial charge in [-0.2, -0.15) is 4.31 Å². The summed E-state index contributed by atoms with van der Waals surface area (Å²) in [7, 11) is -3.72. The molecule has 0 saturated carbocycles. The van der Waals surface area contributed by atoms with Crippen LogP contribution >= 0.6 is 11.3 Å². The number of aromatic nitrogens is 1. The summed E-state index contributed by atoms with van der Waals surface area (Å²) in [5, 5.41) is 10.1. The van der Waals surface area contributed by atoms with Crippen LogP contribution in [0.4, 0.5) is 0 Å². The van der Waals surface area contributed by atoms with Crippen molar-refractivity contribution in [1.82, 2.24) is 9.29 Å². The maximum atomic E-state index is 12.9. The number of fused-ring (bicyclic) bond motifs is 1. The smallest absolute Gasteiger partial charge is 0.336 e. The molecule has 1 N–H and O–H groups in total. The molecule has 152 valence electrons. The second-order valence-corrected chi connectivity index (χ2v) is 9.78. The average Bonchev–Trinajstić information content (AvgIpc) is 3.22. The molecule has 0 spiro atoms. The molecule has 0 amide bonds. The molecule has 0 atom stereocenters. The highest BCUT2D eigenvalue weighted by Crippen LogP contribution is 2.32. The minimum atomic E-state index is -3.72. The van der Waals surface area contributed by atoms with Crippen molar-refractivity contribution >= 4 is 38.2 Å². The van der Waals surface area contributed by atoms with Crippen LogP contribution < -0.4 is 0 Å². The molecule has 1 fully saturated rings. The lowest BCUT2D eigenvalue weighted by molar-refractivity contribution is 0.0699. The number of hydrogen-bond donors (Lipinski definition) is 1. The summed E-state index contributed by atoms with van der Waals surface area (Å²) in [6, 6.07) is 9.92. The zero-order chi connectivity index (χ0) is 20.6. The van der Waals surface area contributed by atoms with Crippen LogP contribution in [0.2, 0.25) is 0 Å². The second kappa shape index (κ2) is 7.83. The average molecular weight is 433 g/mol. The van der Waals surface area contributed by atoms with Crippen LogP contribution in [0.25, 0.3) is 21.5 Å². The molecular weight excluding hydrogens is 412 g/mol. The van der Waals surface area contributed by atoms with Gasteiger partial charge in [-0.05, 0) is 42.8 Å². The van der Waals surface area contributed by atoms with Crippen LogP contribution in [-0.4, -0.2) is 55.1 Å². The Morgan fingerprint density at radius 2 is 1.97 bits per heavy atom. The van der Waals surface area contributed by atoms with Gasteiger partial charge < -0.3 is 9.84 Å². The van der Waals surface area contributed by atoms with Gasteiger partial charge in [0.05, 0.1) is 39.8 Å². The van der Waals surface area contributed by atoms with Gasteiger partial charge in [0.1, 0.15) is 0 Å². The number of pyridine rings is 1. The van der Waals surface area contributed by atoms with E-state index in [1.54, 1.807) is 17.4 Å². The summed E-state index contributed by atoms with van der Waals surface area (Å²) < 4.78 is 32.5. The molecule has 9 heteroatoms. The first-order valence-corrected chi connectivity index (χ1v) is 11.5. The number of rotatable bonds is 5. The zero-order valence-electron chi connectivity index (χ0n) is 15.8. The molecule has 4 rings (SSSR count). The highest BCUT2D eigenvalue weighted by molar-refractivity contribution is 7.89. The third-order valence-corrected chi connectivity index (χ3v) is 8.03. The third kappa shape index (κ3) is 3.78. The van der Waals surface area contributed by atoms with Gasteiger partial charge >= 0.3 is 5.97 Å². The number of carboxylic acid groups (broad SMARTS) is 1. The van der Waals surface area contributed by atoms with Gasteiger partial charge in [-0.1, -0.05) is 6.92 Å². The number of hydrogen-bond acceptors (Lipinski definition) is 6. The molecular formula is C20H20N2O5S2. The predicted molar refractivity (Wildman–Crippen MR) is 111 cm³/mol. The first-order chi connectivity index (χ1) is 13.9. The summed E-state index contributed by atoms with van der Waals surface area (Å²) in [5.41, 5.74) is 1.06. The molecule has 7 nitrogen and oxygen atoms in total. The minimum absolute atomic E-state index is 0.0375. The summed E-state index contributed by atoms with van der Waals surface area (Å²) in [6.07, 6.45) is 0.896. The molecule has 0 aliphatic carbocycles. The van der Waals surface area contributed by atoms with Crippen molar-refractivity contribution in [3.8, 4) is 10.6 Å². The Kier molecular flexibility index (Phi) is 5.39. The van der Waals surface area contributed by atoms with E-state index in [0.29, 0.717) is 29.8 Å². The number of aryl methyl sites for hydroxylation is 1. The van der Waals surface area contributed by atoms with Crippen LogP contribution in [-0.2, 0) is 21.2 Å². The standard InChI is InChI=1S/C20H20N2O5S2/c1-2-13-3-6-19(28-13)18-12-16(20(23)24)15-11-14(4-5-17(15)21-18)29(25,26)22-7-9-27-10-8-22/h3-6,11-12H,2,7-10H2,1H3,(H,23,24). The molecule has 1 aromatic carbocycles. The lowest BCUT2D eigenvalue weighted by atomic mass is 10.1. The Balaban J connectivity index is 1.83. The van der Waals surface area contributed by atoms with E-state index in [2.05, 4.69) is 11.9 Å². The first kappa shape index (κ1) is 20.0.